The molecule has 1 fully saturated rings. The van der Waals surface area contributed by atoms with Gasteiger partial charge in [0.25, 0.3) is 0 Å². The van der Waals surface area contributed by atoms with Gasteiger partial charge in [-0.15, -0.1) is 0 Å². The first-order chi connectivity index (χ1) is 11.0. The van der Waals surface area contributed by atoms with Crippen LogP contribution in [0.4, 0.5) is 0 Å². The van der Waals surface area contributed by atoms with E-state index in [0.717, 1.165) is 0 Å². The number of ether oxygens (including phenoxy) is 2. The fraction of sp³-hybridized carbons (Fsp3) is 1.00. The molecule has 10 nitrogen and oxygen atoms in total. The van der Waals surface area contributed by atoms with Crippen LogP contribution in [0.2, 0.25) is 16.6 Å². The molecule has 0 aliphatic carbocycles. The van der Waals surface area contributed by atoms with E-state index in [1.165, 1.54) is 0 Å². The summed E-state index contributed by atoms with van der Waals surface area (Å²) in [4.78, 5) is 0. The van der Waals surface area contributed by atoms with Crippen molar-refractivity contribution in [2.75, 3.05) is 13.2 Å². The molecule has 8 unspecified atom stereocenters. The summed E-state index contributed by atoms with van der Waals surface area (Å²) in [5.74, 6) is 0. The zero-order valence-corrected chi connectivity index (χ0v) is 15.4. The van der Waals surface area contributed by atoms with Gasteiger partial charge in [0, 0.05) is 0 Å². The second kappa shape index (κ2) is 9.09. The van der Waals surface area contributed by atoms with Gasteiger partial charge in [-0.2, -0.15) is 0 Å². The van der Waals surface area contributed by atoms with Crippen molar-refractivity contribution < 1.29 is 49.0 Å². The fourth-order valence-electron chi connectivity index (χ4n) is 2.29. The molecule has 0 radical (unpaired) electrons. The van der Waals surface area contributed by atoms with Crippen molar-refractivity contribution in [3.05, 3.63) is 0 Å². The van der Waals surface area contributed by atoms with E-state index in [-0.39, 0.29) is 5.21 Å². The van der Waals surface area contributed by atoms with Gasteiger partial charge >= 0.3 is 141 Å². The van der Waals surface area contributed by atoms with Crippen LogP contribution >= 0.6 is 0 Å². The SMILES string of the molecule is C[As](C)(=O)CC1OC(OCC(O)C(O)C(O)C(O)CO)C(O)C1O. The molecular weight excluding hydrogens is 391 g/mol. The quantitative estimate of drug-likeness (QED) is 0.186. The first kappa shape index (κ1) is 22.0. The van der Waals surface area contributed by atoms with Crippen LogP contribution < -0.4 is 0 Å². The Kier molecular flexibility index (Phi) is 8.34. The van der Waals surface area contributed by atoms with Gasteiger partial charge in [0.1, 0.15) is 0 Å². The summed E-state index contributed by atoms with van der Waals surface area (Å²) in [6.07, 6.45) is -11.8. The monoisotopic (exact) mass is 418 g/mol. The summed E-state index contributed by atoms with van der Waals surface area (Å²) in [6, 6.07) is 0. The van der Waals surface area contributed by atoms with Gasteiger partial charge < -0.3 is 0 Å². The third-order valence-electron chi connectivity index (χ3n) is 3.69. The maximum absolute atomic E-state index is 11.9. The molecule has 1 heterocycles. The van der Waals surface area contributed by atoms with E-state index < -0.39 is 75.7 Å². The molecule has 0 spiro atoms. The second-order valence-corrected chi connectivity index (χ2v) is 13.8. The number of hydrogen-bond donors (Lipinski definition) is 7. The Morgan fingerprint density at radius 3 is 2.08 bits per heavy atom. The standard InChI is InChI=1S/C13H27AsO10/c1-14(2,22)3-8-11(20)12(21)13(24-8)23-5-7(17)10(19)9(18)6(16)4-15/h6-13,15-21H,3-5H2,1-2H3. The number of aliphatic hydroxyl groups excluding tert-OH is 7. The van der Waals surface area contributed by atoms with Crippen LogP contribution in [0.1, 0.15) is 0 Å². The van der Waals surface area contributed by atoms with E-state index in [4.69, 9.17) is 14.6 Å². The molecule has 0 bridgehead atoms. The maximum atomic E-state index is 11.9. The van der Waals surface area contributed by atoms with Crippen LogP contribution in [0.25, 0.3) is 0 Å². The Bertz CT molecular complexity index is 429. The molecule has 1 rings (SSSR count). The zero-order valence-electron chi connectivity index (χ0n) is 13.5. The topological polar surface area (TPSA) is 177 Å². The van der Waals surface area contributed by atoms with Gasteiger partial charge in [-0.05, 0) is 0 Å². The number of aliphatic hydroxyl groups is 7. The van der Waals surface area contributed by atoms with Crippen molar-refractivity contribution in [2.45, 2.75) is 65.6 Å². The van der Waals surface area contributed by atoms with E-state index in [9.17, 15) is 34.4 Å². The predicted molar refractivity (Wildman–Crippen MR) is 80.7 cm³/mol. The minimum atomic E-state index is -3.13. The number of rotatable bonds is 9. The Labute approximate surface area is 141 Å². The van der Waals surface area contributed by atoms with Crippen molar-refractivity contribution in [1.29, 1.82) is 0 Å². The Hall–Kier alpha value is -0.00156. The second-order valence-electron chi connectivity index (χ2n) is 6.41. The summed E-state index contributed by atoms with van der Waals surface area (Å²) >= 11 is -3.13. The van der Waals surface area contributed by atoms with Crippen molar-refractivity contribution in [3.63, 3.8) is 0 Å². The molecule has 1 aliphatic heterocycles. The van der Waals surface area contributed by atoms with Gasteiger partial charge in [-0.25, -0.2) is 0 Å². The molecule has 0 saturated carbocycles. The molecule has 0 amide bonds. The van der Waals surface area contributed by atoms with E-state index in [1.807, 2.05) is 0 Å². The summed E-state index contributed by atoms with van der Waals surface area (Å²) in [6.45, 7) is -1.38. The van der Waals surface area contributed by atoms with Crippen molar-refractivity contribution in [3.8, 4) is 0 Å². The molecule has 8 atom stereocenters. The summed E-state index contributed by atoms with van der Waals surface area (Å²) in [5, 5.41) is 66.6. The van der Waals surface area contributed by atoms with Crippen LogP contribution in [-0.2, 0) is 13.2 Å². The van der Waals surface area contributed by atoms with Gasteiger partial charge in [0.05, 0.1) is 0 Å². The van der Waals surface area contributed by atoms with Crippen LogP contribution in [0, 0.1) is 0 Å². The molecule has 0 aromatic rings. The van der Waals surface area contributed by atoms with E-state index >= 15 is 0 Å². The number of hydrogen-bond acceptors (Lipinski definition) is 10. The minimum absolute atomic E-state index is 0.100. The molecule has 11 heteroatoms. The molecule has 1 aliphatic rings. The summed E-state index contributed by atoms with van der Waals surface area (Å²) < 4.78 is 22.2. The molecule has 24 heavy (non-hydrogen) atoms. The van der Waals surface area contributed by atoms with Gasteiger partial charge in [0.15, 0.2) is 0 Å². The molecule has 1 saturated heterocycles. The van der Waals surface area contributed by atoms with E-state index in [1.54, 1.807) is 11.4 Å². The van der Waals surface area contributed by atoms with Crippen LogP contribution in [0.5, 0.6) is 0 Å². The Morgan fingerprint density at radius 2 is 1.58 bits per heavy atom. The average Bonchev–Trinajstić information content (AvgIpc) is 2.76. The summed E-state index contributed by atoms with van der Waals surface area (Å²) in [5.41, 5.74) is 3.14. The normalized spacial score (nSPS) is 33.2. The Morgan fingerprint density at radius 1 is 1.04 bits per heavy atom. The molecule has 0 aromatic heterocycles. The molecule has 144 valence electrons. The average molecular weight is 418 g/mol. The molecular formula is C13H27AsO10. The van der Waals surface area contributed by atoms with Gasteiger partial charge in [-0.3, -0.25) is 0 Å². The third-order valence-corrected chi connectivity index (χ3v) is 6.29. The van der Waals surface area contributed by atoms with Crippen LogP contribution in [0.15, 0.2) is 0 Å². The van der Waals surface area contributed by atoms with Gasteiger partial charge in [-0.1, -0.05) is 0 Å². The van der Waals surface area contributed by atoms with Crippen molar-refractivity contribution in [1.82, 2.24) is 0 Å². The first-order valence-electron chi connectivity index (χ1n) is 7.48. The van der Waals surface area contributed by atoms with Crippen LogP contribution in [-0.4, -0.2) is 111 Å². The van der Waals surface area contributed by atoms with Crippen LogP contribution in [0.3, 0.4) is 0 Å². The van der Waals surface area contributed by atoms with Crippen molar-refractivity contribution in [2.24, 2.45) is 0 Å². The van der Waals surface area contributed by atoms with Gasteiger partial charge in [0.2, 0.25) is 0 Å². The third kappa shape index (κ3) is 6.06. The molecule has 7 N–H and O–H groups in total. The van der Waals surface area contributed by atoms with E-state index in [2.05, 4.69) is 0 Å². The zero-order chi connectivity index (χ0) is 18.7. The van der Waals surface area contributed by atoms with Crippen molar-refractivity contribution >= 4 is 13.5 Å². The Balaban J connectivity index is 2.53. The fourth-order valence-corrected chi connectivity index (χ4v) is 4.74. The molecule has 0 aromatic carbocycles. The predicted octanol–water partition coefficient (Wildman–Crippen LogP) is -3.48. The first-order valence-corrected chi connectivity index (χ1v) is 13.3. The van der Waals surface area contributed by atoms with E-state index in [0.29, 0.717) is 0 Å². The summed E-state index contributed by atoms with van der Waals surface area (Å²) in [7, 11) is 0.